The van der Waals surface area contributed by atoms with E-state index in [4.69, 9.17) is 24.1 Å². The van der Waals surface area contributed by atoms with Gasteiger partial charge < -0.3 is 29.2 Å². The molecule has 17 heavy (non-hydrogen) atoms. The molecule has 7 heteroatoms. The second kappa shape index (κ2) is 4.87. The third kappa shape index (κ3) is 2.16. The molecule has 2 aliphatic heterocycles. The molecule has 0 spiro atoms. The molecule has 2 heterocycles. The van der Waals surface area contributed by atoms with Crippen molar-refractivity contribution in [3.63, 3.8) is 0 Å². The van der Waals surface area contributed by atoms with Crippen molar-refractivity contribution in [2.75, 3.05) is 13.7 Å². The molecule has 0 aromatic heterocycles. The molecular weight excluding hydrogens is 232 g/mol. The summed E-state index contributed by atoms with van der Waals surface area (Å²) in [5, 5.41) is 19.0. The van der Waals surface area contributed by atoms with Crippen LogP contribution in [0, 0.1) is 0 Å². The molecule has 0 aromatic carbocycles. The van der Waals surface area contributed by atoms with E-state index in [1.807, 2.05) is 0 Å². The number of ether oxygens (including phenoxy) is 4. The summed E-state index contributed by atoms with van der Waals surface area (Å²) in [4.78, 5) is 11.4. The molecule has 2 N–H and O–H groups in total. The lowest BCUT2D eigenvalue weighted by Gasteiger charge is -2.46. The highest BCUT2D eigenvalue weighted by Gasteiger charge is 2.52. The predicted octanol–water partition coefficient (Wildman–Crippen LogP) is -1.59. The van der Waals surface area contributed by atoms with Gasteiger partial charge in [-0.3, -0.25) is 0 Å². The summed E-state index contributed by atoms with van der Waals surface area (Å²) in [7, 11) is 1.39. The van der Waals surface area contributed by atoms with Gasteiger partial charge in [0.15, 0.2) is 18.5 Å². The van der Waals surface area contributed by atoms with Crippen molar-refractivity contribution in [3.05, 3.63) is 0 Å². The SMILES string of the molecule is CO[C@H]1O[C@H](CO)[C@H](O)[C@@H]2O[C@@H](C)C(=O)O[C@@H]12. The summed E-state index contributed by atoms with van der Waals surface area (Å²) in [5.41, 5.74) is 0. The fourth-order valence-electron chi connectivity index (χ4n) is 2.03. The molecule has 0 unspecified atom stereocenters. The number of esters is 1. The van der Waals surface area contributed by atoms with Gasteiger partial charge in [-0.25, -0.2) is 4.79 Å². The Morgan fingerprint density at radius 1 is 1.35 bits per heavy atom. The smallest absolute Gasteiger partial charge is 0.335 e. The third-order valence-electron chi connectivity index (χ3n) is 2.98. The van der Waals surface area contributed by atoms with Crippen LogP contribution in [0.1, 0.15) is 6.92 Å². The summed E-state index contributed by atoms with van der Waals surface area (Å²) < 4.78 is 20.8. The van der Waals surface area contributed by atoms with E-state index < -0.39 is 42.8 Å². The number of hydrogen-bond acceptors (Lipinski definition) is 7. The zero-order valence-corrected chi connectivity index (χ0v) is 9.61. The number of carbonyl (C=O) groups excluding carboxylic acids is 1. The molecule has 0 aliphatic carbocycles. The maximum absolute atomic E-state index is 11.4. The van der Waals surface area contributed by atoms with Gasteiger partial charge in [-0.1, -0.05) is 0 Å². The van der Waals surface area contributed by atoms with Crippen molar-refractivity contribution in [1.29, 1.82) is 0 Å². The van der Waals surface area contributed by atoms with Gasteiger partial charge in [-0.15, -0.1) is 0 Å². The lowest BCUT2D eigenvalue weighted by atomic mass is 9.97. The summed E-state index contributed by atoms with van der Waals surface area (Å²) in [5.74, 6) is -0.522. The lowest BCUT2D eigenvalue weighted by molar-refractivity contribution is -0.324. The Kier molecular flexibility index (Phi) is 3.64. The van der Waals surface area contributed by atoms with E-state index in [-0.39, 0.29) is 6.61 Å². The number of aliphatic hydroxyl groups is 2. The molecule has 2 aliphatic rings. The van der Waals surface area contributed by atoms with Gasteiger partial charge in [0.25, 0.3) is 0 Å². The Morgan fingerprint density at radius 2 is 2.06 bits per heavy atom. The molecule has 0 aromatic rings. The fourth-order valence-corrected chi connectivity index (χ4v) is 2.03. The minimum Gasteiger partial charge on any atom is -0.452 e. The number of fused-ring (bicyclic) bond motifs is 1. The summed E-state index contributed by atoms with van der Waals surface area (Å²) in [6.07, 6.45) is -5.05. The second-order valence-corrected chi connectivity index (χ2v) is 4.10. The zero-order valence-electron chi connectivity index (χ0n) is 9.61. The lowest BCUT2D eigenvalue weighted by Crippen LogP contribution is -2.64. The zero-order chi connectivity index (χ0) is 12.6. The molecule has 6 atom stereocenters. The quantitative estimate of drug-likeness (QED) is 0.569. The fraction of sp³-hybridized carbons (Fsp3) is 0.900. The summed E-state index contributed by atoms with van der Waals surface area (Å²) >= 11 is 0. The second-order valence-electron chi connectivity index (χ2n) is 4.10. The molecule has 0 amide bonds. The minimum absolute atomic E-state index is 0.365. The molecular formula is C10H16O7. The topological polar surface area (TPSA) is 94.5 Å². The molecule has 0 radical (unpaired) electrons. The molecule has 0 bridgehead atoms. The van der Waals surface area contributed by atoms with Crippen LogP contribution in [0.3, 0.4) is 0 Å². The van der Waals surface area contributed by atoms with Crippen molar-refractivity contribution >= 4 is 5.97 Å². The van der Waals surface area contributed by atoms with Gasteiger partial charge in [-0.05, 0) is 6.92 Å². The summed E-state index contributed by atoms with van der Waals surface area (Å²) in [6, 6.07) is 0. The van der Waals surface area contributed by atoms with Crippen LogP contribution in [-0.2, 0) is 23.7 Å². The van der Waals surface area contributed by atoms with Gasteiger partial charge in [0.2, 0.25) is 0 Å². The van der Waals surface area contributed by atoms with E-state index in [9.17, 15) is 9.90 Å². The van der Waals surface area contributed by atoms with Crippen LogP contribution in [-0.4, -0.2) is 66.7 Å². The molecule has 2 fully saturated rings. The van der Waals surface area contributed by atoms with Crippen LogP contribution in [0.2, 0.25) is 0 Å². The van der Waals surface area contributed by atoms with Crippen molar-refractivity contribution in [2.24, 2.45) is 0 Å². The molecule has 7 nitrogen and oxygen atoms in total. The van der Waals surface area contributed by atoms with E-state index in [0.717, 1.165) is 0 Å². The number of methoxy groups -OCH3 is 1. The first-order chi connectivity index (χ1) is 8.08. The van der Waals surface area contributed by atoms with Gasteiger partial charge in [0, 0.05) is 7.11 Å². The van der Waals surface area contributed by atoms with Crippen LogP contribution in [0.4, 0.5) is 0 Å². The molecule has 0 saturated carbocycles. The van der Waals surface area contributed by atoms with Gasteiger partial charge in [-0.2, -0.15) is 0 Å². The van der Waals surface area contributed by atoms with Crippen molar-refractivity contribution in [3.8, 4) is 0 Å². The average molecular weight is 248 g/mol. The molecule has 98 valence electrons. The predicted molar refractivity (Wildman–Crippen MR) is 53.0 cm³/mol. The van der Waals surface area contributed by atoms with Crippen LogP contribution < -0.4 is 0 Å². The number of rotatable bonds is 2. The van der Waals surface area contributed by atoms with Crippen molar-refractivity contribution in [1.82, 2.24) is 0 Å². The molecule has 2 saturated heterocycles. The van der Waals surface area contributed by atoms with E-state index in [0.29, 0.717) is 0 Å². The highest BCUT2D eigenvalue weighted by molar-refractivity contribution is 5.75. The van der Waals surface area contributed by atoms with E-state index >= 15 is 0 Å². The largest absolute Gasteiger partial charge is 0.452 e. The summed E-state index contributed by atoms with van der Waals surface area (Å²) in [6.45, 7) is 1.17. The highest BCUT2D eigenvalue weighted by atomic mass is 16.7. The van der Waals surface area contributed by atoms with Gasteiger partial charge in [0.1, 0.15) is 18.3 Å². The molecule has 2 rings (SSSR count). The first-order valence-electron chi connectivity index (χ1n) is 5.41. The van der Waals surface area contributed by atoms with Crippen LogP contribution >= 0.6 is 0 Å². The van der Waals surface area contributed by atoms with Crippen LogP contribution in [0.25, 0.3) is 0 Å². The Hall–Kier alpha value is -0.730. The van der Waals surface area contributed by atoms with Crippen LogP contribution in [0.5, 0.6) is 0 Å². The van der Waals surface area contributed by atoms with Gasteiger partial charge in [0.05, 0.1) is 6.61 Å². The maximum Gasteiger partial charge on any atom is 0.335 e. The van der Waals surface area contributed by atoms with Gasteiger partial charge >= 0.3 is 5.97 Å². The van der Waals surface area contributed by atoms with Crippen molar-refractivity contribution < 1.29 is 34.0 Å². The van der Waals surface area contributed by atoms with E-state index in [1.165, 1.54) is 14.0 Å². The normalized spacial score (nSPS) is 46.2. The van der Waals surface area contributed by atoms with E-state index in [2.05, 4.69) is 0 Å². The third-order valence-corrected chi connectivity index (χ3v) is 2.98. The number of aliphatic hydroxyl groups excluding tert-OH is 2. The monoisotopic (exact) mass is 248 g/mol. The highest BCUT2D eigenvalue weighted by Crippen LogP contribution is 2.30. The maximum atomic E-state index is 11.4. The Labute approximate surface area is 98.2 Å². The van der Waals surface area contributed by atoms with Crippen molar-refractivity contribution in [2.45, 2.75) is 43.7 Å². The first-order valence-corrected chi connectivity index (χ1v) is 5.41. The number of carbonyl (C=O) groups is 1. The Morgan fingerprint density at radius 3 is 2.65 bits per heavy atom. The Bertz CT molecular complexity index is 294. The average Bonchev–Trinajstić information content (AvgIpc) is 2.32. The first kappa shape index (κ1) is 12.7. The van der Waals surface area contributed by atoms with E-state index in [1.54, 1.807) is 0 Å². The standard InChI is InChI=1S/C10H16O7/c1-4-9(13)17-8-7(15-4)6(12)5(3-11)16-10(8)14-2/h4-8,10-12H,3H2,1-2H3/t4-,5+,6-,7-,8+,10-/m0/s1. The van der Waals surface area contributed by atoms with Crippen LogP contribution in [0.15, 0.2) is 0 Å². The number of hydrogen-bond donors (Lipinski definition) is 2. The Balaban J connectivity index is 2.18. The minimum atomic E-state index is -1.06.